The number of benzene rings is 2. The summed E-state index contributed by atoms with van der Waals surface area (Å²) in [4.78, 5) is 20.3. The molecule has 2 aliphatic rings. The van der Waals surface area contributed by atoms with Gasteiger partial charge in [-0.1, -0.05) is 23.7 Å². The Bertz CT molecular complexity index is 915. The molecule has 0 unspecified atom stereocenters. The van der Waals surface area contributed by atoms with Crippen LogP contribution in [0.3, 0.4) is 0 Å². The van der Waals surface area contributed by atoms with E-state index in [1.165, 1.54) is 0 Å². The molecule has 0 saturated carbocycles. The highest BCUT2D eigenvalue weighted by atomic mass is 35.5. The fraction of sp³-hybridized carbons (Fsp3) is 0.300. The molecule has 6 nitrogen and oxygen atoms in total. The van der Waals surface area contributed by atoms with Gasteiger partial charge in [0, 0.05) is 30.7 Å². The van der Waals surface area contributed by atoms with Crippen LogP contribution in [0, 0.1) is 0 Å². The molecule has 7 heteroatoms. The van der Waals surface area contributed by atoms with Gasteiger partial charge in [-0.2, -0.15) is 0 Å². The summed E-state index contributed by atoms with van der Waals surface area (Å²) in [5.41, 5.74) is 1.56. The fourth-order valence-corrected chi connectivity index (χ4v) is 3.67. The lowest BCUT2D eigenvalue weighted by Gasteiger charge is -2.40. The molecule has 2 heterocycles. The lowest BCUT2D eigenvalue weighted by molar-refractivity contribution is -0.138. The maximum Gasteiger partial charge on any atom is 0.305 e. The topological polar surface area (TPSA) is 65.4 Å². The highest BCUT2D eigenvalue weighted by Crippen LogP contribution is 2.39. The van der Waals surface area contributed by atoms with Crippen molar-refractivity contribution in [3.8, 4) is 11.5 Å². The fourth-order valence-electron chi connectivity index (χ4n) is 3.50. The Hall–Kier alpha value is -2.57. The van der Waals surface area contributed by atoms with E-state index in [1.807, 2.05) is 37.4 Å². The van der Waals surface area contributed by atoms with E-state index in [1.54, 1.807) is 12.1 Å². The largest absolute Gasteiger partial charge is 0.481 e. The number of rotatable bonds is 2. The first-order valence-corrected chi connectivity index (χ1v) is 9.21. The average Bonchev–Trinajstić information content (AvgIpc) is 2.80. The predicted molar refractivity (Wildman–Crippen MR) is 104 cm³/mol. The number of halogens is 1. The molecule has 4 rings (SSSR count). The molecule has 0 aliphatic carbocycles. The van der Waals surface area contributed by atoms with Crippen LogP contribution in [0.2, 0.25) is 5.02 Å². The number of carbonyl (C=O) groups is 1. The quantitative estimate of drug-likeness (QED) is 0.855. The summed E-state index contributed by atoms with van der Waals surface area (Å²) in [6, 6.07) is 13.1. The van der Waals surface area contributed by atoms with E-state index in [4.69, 9.17) is 21.3 Å². The molecule has 27 heavy (non-hydrogen) atoms. The van der Waals surface area contributed by atoms with Crippen LogP contribution in [-0.4, -0.2) is 59.4 Å². The summed E-state index contributed by atoms with van der Waals surface area (Å²) in [6.45, 7) is 2.12. The van der Waals surface area contributed by atoms with Gasteiger partial charge in [-0.25, -0.2) is 4.99 Å². The number of hydrogen-bond acceptors (Lipinski definition) is 5. The number of aliphatic imine (C=N–C) groups is 1. The molecule has 0 bridgehead atoms. The van der Waals surface area contributed by atoms with Crippen molar-refractivity contribution in [1.82, 2.24) is 9.80 Å². The minimum absolute atomic E-state index is 0.0749. The number of para-hydroxylation sites is 1. The Kier molecular flexibility index (Phi) is 4.76. The van der Waals surface area contributed by atoms with Gasteiger partial charge in [0.2, 0.25) is 0 Å². The third-order valence-electron chi connectivity index (χ3n) is 4.98. The van der Waals surface area contributed by atoms with Gasteiger partial charge >= 0.3 is 5.97 Å². The van der Waals surface area contributed by atoms with Crippen molar-refractivity contribution in [2.75, 3.05) is 26.7 Å². The van der Waals surface area contributed by atoms with Crippen LogP contribution in [0.15, 0.2) is 47.5 Å². The summed E-state index contributed by atoms with van der Waals surface area (Å²) in [7, 11) is 1.96. The maximum atomic E-state index is 11.2. The van der Waals surface area contributed by atoms with Gasteiger partial charge in [-0.15, -0.1) is 0 Å². The average molecular weight is 386 g/mol. The number of aliphatic carboxylic acids is 1. The van der Waals surface area contributed by atoms with E-state index in [9.17, 15) is 9.90 Å². The van der Waals surface area contributed by atoms with Crippen molar-refractivity contribution in [3.63, 3.8) is 0 Å². The molecule has 2 aliphatic heterocycles. The molecule has 0 aromatic heterocycles. The van der Waals surface area contributed by atoms with E-state index in [-0.39, 0.29) is 12.5 Å². The Morgan fingerprint density at radius 2 is 2.07 bits per heavy atom. The van der Waals surface area contributed by atoms with Gasteiger partial charge in [-0.3, -0.25) is 9.69 Å². The van der Waals surface area contributed by atoms with Crippen molar-refractivity contribution in [3.05, 3.63) is 53.1 Å². The van der Waals surface area contributed by atoms with Crippen LogP contribution in [0.1, 0.15) is 12.0 Å². The number of carboxylic acid groups (broad SMARTS) is 1. The van der Waals surface area contributed by atoms with E-state index in [0.717, 1.165) is 30.2 Å². The van der Waals surface area contributed by atoms with Crippen LogP contribution in [-0.2, 0) is 4.79 Å². The zero-order chi connectivity index (χ0) is 19.0. The SMILES string of the molecule is CN1CCN(C2=Nc3cc(Cl)ccc3Oc3ccccc32)C[C@@H]1CC(=O)O. The van der Waals surface area contributed by atoms with Crippen molar-refractivity contribution in [2.45, 2.75) is 12.5 Å². The monoisotopic (exact) mass is 385 g/mol. The third kappa shape index (κ3) is 3.63. The number of nitrogens with zero attached hydrogens (tertiary/aromatic N) is 3. The first kappa shape index (κ1) is 17.8. The molecule has 1 fully saturated rings. The van der Waals surface area contributed by atoms with Crippen molar-refractivity contribution in [1.29, 1.82) is 0 Å². The summed E-state index contributed by atoms with van der Waals surface area (Å²) in [5, 5.41) is 9.82. The Balaban J connectivity index is 1.76. The van der Waals surface area contributed by atoms with Crippen molar-refractivity contribution in [2.24, 2.45) is 4.99 Å². The molecule has 2 aromatic rings. The highest BCUT2D eigenvalue weighted by Gasteiger charge is 2.30. The van der Waals surface area contributed by atoms with E-state index in [0.29, 0.717) is 23.0 Å². The van der Waals surface area contributed by atoms with Crippen molar-refractivity contribution < 1.29 is 14.6 Å². The lowest BCUT2D eigenvalue weighted by atomic mass is 10.1. The van der Waals surface area contributed by atoms with Crippen molar-refractivity contribution >= 4 is 29.1 Å². The van der Waals surface area contributed by atoms with E-state index >= 15 is 0 Å². The first-order chi connectivity index (χ1) is 13.0. The van der Waals surface area contributed by atoms with Crippen LogP contribution >= 0.6 is 11.6 Å². The van der Waals surface area contributed by atoms with Gasteiger partial charge in [0.25, 0.3) is 0 Å². The summed E-state index contributed by atoms with van der Waals surface area (Å²) in [6.07, 6.45) is 0.0981. The molecule has 2 aromatic carbocycles. The third-order valence-corrected chi connectivity index (χ3v) is 5.22. The lowest BCUT2D eigenvalue weighted by Crippen LogP contribution is -2.54. The highest BCUT2D eigenvalue weighted by molar-refractivity contribution is 6.31. The number of fused-ring (bicyclic) bond motifs is 2. The molecule has 0 radical (unpaired) electrons. The van der Waals surface area contributed by atoms with Gasteiger partial charge in [0.1, 0.15) is 17.3 Å². The smallest absolute Gasteiger partial charge is 0.305 e. The minimum Gasteiger partial charge on any atom is -0.481 e. The summed E-state index contributed by atoms with van der Waals surface area (Å²) >= 11 is 6.16. The molecular formula is C20H20ClN3O3. The number of likely N-dealkylation sites (N-methyl/N-ethyl adjacent to an activating group) is 1. The number of ether oxygens (including phenoxy) is 1. The first-order valence-electron chi connectivity index (χ1n) is 8.84. The molecular weight excluding hydrogens is 366 g/mol. The normalized spacial score (nSPS) is 19.4. The second kappa shape index (κ2) is 7.21. The van der Waals surface area contributed by atoms with E-state index < -0.39 is 5.97 Å². The standard InChI is InChI=1S/C20H20ClN3O3/c1-23-8-9-24(12-14(23)11-19(25)26)20-15-4-2-3-5-17(15)27-18-7-6-13(21)10-16(18)22-20/h2-7,10,14H,8-9,11-12H2,1H3,(H,25,26)/t14-/m0/s1. The number of hydrogen-bond donors (Lipinski definition) is 1. The van der Waals surface area contributed by atoms with Gasteiger partial charge in [-0.05, 0) is 37.4 Å². The second-order valence-corrected chi connectivity index (χ2v) is 7.26. The molecule has 0 spiro atoms. The Morgan fingerprint density at radius 1 is 1.26 bits per heavy atom. The molecule has 0 amide bonds. The van der Waals surface area contributed by atoms with Crippen LogP contribution in [0.4, 0.5) is 5.69 Å². The molecule has 140 valence electrons. The van der Waals surface area contributed by atoms with Crippen LogP contribution < -0.4 is 4.74 Å². The molecule has 1 saturated heterocycles. The molecule has 1 atom stereocenters. The second-order valence-electron chi connectivity index (χ2n) is 6.82. The zero-order valence-corrected chi connectivity index (χ0v) is 15.7. The predicted octanol–water partition coefficient (Wildman–Crippen LogP) is 3.61. The number of carboxylic acids is 1. The molecule has 1 N–H and O–H groups in total. The number of piperazine rings is 1. The van der Waals surface area contributed by atoms with Gasteiger partial charge < -0.3 is 14.7 Å². The van der Waals surface area contributed by atoms with Gasteiger partial charge in [0.05, 0.1) is 12.0 Å². The summed E-state index contributed by atoms with van der Waals surface area (Å²) < 4.78 is 6.09. The Labute approximate surface area is 162 Å². The minimum atomic E-state index is -0.794. The summed E-state index contributed by atoms with van der Waals surface area (Å²) in [5.74, 6) is 1.37. The maximum absolute atomic E-state index is 11.2. The zero-order valence-electron chi connectivity index (χ0n) is 14.9. The Morgan fingerprint density at radius 3 is 2.89 bits per heavy atom. The van der Waals surface area contributed by atoms with Crippen LogP contribution in [0.25, 0.3) is 0 Å². The number of amidine groups is 1. The van der Waals surface area contributed by atoms with Crippen LogP contribution in [0.5, 0.6) is 11.5 Å². The van der Waals surface area contributed by atoms with E-state index in [2.05, 4.69) is 9.80 Å². The van der Waals surface area contributed by atoms with Gasteiger partial charge in [0.15, 0.2) is 5.75 Å².